The number of rotatable bonds is 5. The molecule has 1 fully saturated rings. The molecule has 1 aliphatic heterocycles. The van der Waals surface area contributed by atoms with Crippen LogP contribution in [0.4, 0.5) is 0 Å². The number of methoxy groups -OCH3 is 2. The molecule has 21 heavy (non-hydrogen) atoms. The molecule has 0 unspecified atom stereocenters. The van der Waals surface area contributed by atoms with E-state index in [-0.39, 0.29) is 6.42 Å². The first-order valence-corrected chi connectivity index (χ1v) is 6.91. The van der Waals surface area contributed by atoms with Crippen molar-refractivity contribution >= 4 is 5.97 Å². The Kier molecular flexibility index (Phi) is 5.03. The summed E-state index contributed by atoms with van der Waals surface area (Å²) in [4.78, 5) is 13.2. The van der Waals surface area contributed by atoms with Crippen molar-refractivity contribution in [1.82, 2.24) is 4.90 Å². The van der Waals surface area contributed by atoms with Gasteiger partial charge in [-0.1, -0.05) is 6.07 Å². The number of carbonyl (C=O) groups is 1. The van der Waals surface area contributed by atoms with E-state index in [1.807, 2.05) is 17.0 Å². The van der Waals surface area contributed by atoms with E-state index in [4.69, 9.17) is 9.47 Å². The summed E-state index contributed by atoms with van der Waals surface area (Å²) in [5, 5.41) is 19.0. The van der Waals surface area contributed by atoms with Crippen molar-refractivity contribution in [1.29, 1.82) is 0 Å². The third-order valence-corrected chi connectivity index (χ3v) is 3.84. The zero-order chi connectivity index (χ0) is 15.4. The largest absolute Gasteiger partial charge is 0.497 e. The number of piperidine rings is 1. The van der Waals surface area contributed by atoms with Crippen LogP contribution in [0, 0.1) is 0 Å². The highest BCUT2D eigenvalue weighted by atomic mass is 16.5. The number of hydrogen-bond acceptors (Lipinski definition) is 5. The Labute approximate surface area is 123 Å². The lowest BCUT2D eigenvalue weighted by Gasteiger charge is -2.35. The van der Waals surface area contributed by atoms with Gasteiger partial charge in [0.2, 0.25) is 0 Å². The number of aliphatic hydroxyl groups excluding tert-OH is 1. The number of aliphatic carboxylic acids is 1. The van der Waals surface area contributed by atoms with Gasteiger partial charge in [-0.2, -0.15) is 0 Å². The van der Waals surface area contributed by atoms with Gasteiger partial charge < -0.3 is 19.7 Å². The molecule has 6 nitrogen and oxygen atoms in total. The lowest BCUT2D eigenvalue weighted by atomic mass is 9.98. The average Bonchev–Trinajstić information content (AvgIpc) is 2.49. The van der Waals surface area contributed by atoms with Crippen LogP contribution in [-0.4, -0.2) is 54.0 Å². The molecule has 6 heteroatoms. The maximum atomic E-state index is 11.4. The standard InChI is InChI=1S/C15H21NO5/c1-20-12-4-3-10(14(8-12)21-2)9-16-6-5-11(17)7-13(16)15(18)19/h3-4,8,11,13,17H,5-7,9H2,1-2H3,(H,18,19)/t11-,13+/m0/s1. The molecule has 2 atom stereocenters. The number of carboxylic acids is 1. The molecule has 1 aromatic carbocycles. The maximum Gasteiger partial charge on any atom is 0.321 e. The summed E-state index contributed by atoms with van der Waals surface area (Å²) in [6.07, 6.45) is 0.302. The van der Waals surface area contributed by atoms with Crippen molar-refractivity contribution in [2.24, 2.45) is 0 Å². The van der Waals surface area contributed by atoms with E-state index in [0.717, 1.165) is 5.56 Å². The van der Waals surface area contributed by atoms with Crippen LogP contribution < -0.4 is 9.47 Å². The summed E-state index contributed by atoms with van der Waals surface area (Å²) < 4.78 is 10.5. The van der Waals surface area contributed by atoms with Crippen LogP contribution in [0.5, 0.6) is 11.5 Å². The van der Waals surface area contributed by atoms with E-state index in [0.29, 0.717) is 31.0 Å². The van der Waals surface area contributed by atoms with Gasteiger partial charge in [-0.25, -0.2) is 0 Å². The number of benzene rings is 1. The minimum Gasteiger partial charge on any atom is -0.497 e. The van der Waals surface area contributed by atoms with Crippen LogP contribution in [0.2, 0.25) is 0 Å². The van der Waals surface area contributed by atoms with Crippen LogP contribution >= 0.6 is 0 Å². The van der Waals surface area contributed by atoms with E-state index in [9.17, 15) is 15.0 Å². The van der Waals surface area contributed by atoms with Gasteiger partial charge in [0.1, 0.15) is 17.5 Å². The van der Waals surface area contributed by atoms with Gasteiger partial charge >= 0.3 is 5.97 Å². The van der Waals surface area contributed by atoms with Crippen molar-refractivity contribution < 1.29 is 24.5 Å². The molecule has 2 N–H and O–H groups in total. The van der Waals surface area contributed by atoms with Crippen LogP contribution in [0.3, 0.4) is 0 Å². The first-order valence-electron chi connectivity index (χ1n) is 6.91. The van der Waals surface area contributed by atoms with Crippen LogP contribution in [0.1, 0.15) is 18.4 Å². The fourth-order valence-corrected chi connectivity index (χ4v) is 2.64. The molecule has 2 rings (SSSR count). The quantitative estimate of drug-likeness (QED) is 0.847. The van der Waals surface area contributed by atoms with Crippen molar-refractivity contribution in [2.75, 3.05) is 20.8 Å². The molecule has 0 saturated carbocycles. The summed E-state index contributed by atoms with van der Waals surface area (Å²) in [6.45, 7) is 1.02. The molecule has 1 heterocycles. The van der Waals surface area contributed by atoms with E-state index < -0.39 is 18.1 Å². The number of aliphatic hydroxyl groups is 1. The minimum absolute atomic E-state index is 0.258. The Morgan fingerprint density at radius 2 is 2.14 bits per heavy atom. The second-order valence-corrected chi connectivity index (χ2v) is 5.18. The fourth-order valence-electron chi connectivity index (χ4n) is 2.64. The number of hydrogen-bond donors (Lipinski definition) is 2. The van der Waals surface area contributed by atoms with Gasteiger partial charge in [0.05, 0.1) is 20.3 Å². The third-order valence-electron chi connectivity index (χ3n) is 3.84. The smallest absolute Gasteiger partial charge is 0.321 e. The highest BCUT2D eigenvalue weighted by Gasteiger charge is 2.32. The van der Waals surface area contributed by atoms with Crippen molar-refractivity contribution in [2.45, 2.75) is 31.5 Å². The summed E-state index contributed by atoms with van der Waals surface area (Å²) in [7, 11) is 3.16. The SMILES string of the molecule is COc1ccc(CN2CC[C@H](O)C[C@@H]2C(=O)O)c(OC)c1. The monoisotopic (exact) mass is 295 g/mol. The molecule has 116 valence electrons. The number of likely N-dealkylation sites (tertiary alicyclic amines) is 1. The van der Waals surface area contributed by atoms with Crippen molar-refractivity contribution in [3.05, 3.63) is 23.8 Å². The Balaban J connectivity index is 2.17. The van der Waals surface area contributed by atoms with E-state index >= 15 is 0 Å². The number of ether oxygens (including phenoxy) is 2. The first kappa shape index (κ1) is 15.6. The number of nitrogens with zero attached hydrogens (tertiary/aromatic N) is 1. The zero-order valence-corrected chi connectivity index (χ0v) is 12.3. The zero-order valence-electron chi connectivity index (χ0n) is 12.3. The molecule has 1 aromatic rings. The van der Waals surface area contributed by atoms with Crippen molar-refractivity contribution in [3.8, 4) is 11.5 Å². The number of carboxylic acid groups (broad SMARTS) is 1. The molecule has 1 aliphatic rings. The lowest BCUT2D eigenvalue weighted by Crippen LogP contribution is -2.48. The van der Waals surface area contributed by atoms with Gasteiger partial charge in [0, 0.05) is 24.7 Å². The topological polar surface area (TPSA) is 79.2 Å². The fraction of sp³-hybridized carbons (Fsp3) is 0.533. The van der Waals surface area contributed by atoms with E-state index in [1.165, 1.54) is 0 Å². The Morgan fingerprint density at radius 3 is 2.76 bits per heavy atom. The molecule has 1 saturated heterocycles. The Hall–Kier alpha value is -1.79. The van der Waals surface area contributed by atoms with Crippen molar-refractivity contribution in [3.63, 3.8) is 0 Å². The average molecular weight is 295 g/mol. The highest BCUT2D eigenvalue weighted by Crippen LogP contribution is 2.28. The highest BCUT2D eigenvalue weighted by molar-refractivity contribution is 5.73. The van der Waals surface area contributed by atoms with Crippen LogP contribution in [0.25, 0.3) is 0 Å². The first-order chi connectivity index (χ1) is 10.0. The second-order valence-electron chi connectivity index (χ2n) is 5.18. The summed E-state index contributed by atoms with van der Waals surface area (Å²) in [6, 6.07) is 4.82. The predicted octanol–water partition coefficient (Wildman–Crippen LogP) is 1.11. The minimum atomic E-state index is -0.902. The Bertz CT molecular complexity index is 505. The summed E-state index contributed by atoms with van der Waals surface area (Å²) in [5.41, 5.74) is 0.904. The molecule has 0 radical (unpaired) electrons. The van der Waals surface area contributed by atoms with Crippen LogP contribution in [0.15, 0.2) is 18.2 Å². The summed E-state index contributed by atoms with van der Waals surface area (Å²) in [5.74, 6) is 0.463. The van der Waals surface area contributed by atoms with Gasteiger partial charge in [0.15, 0.2) is 0 Å². The van der Waals surface area contributed by atoms with E-state index in [2.05, 4.69) is 0 Å². The van der Waals surface area contributed by atoms with Gasteiger partial charge in [-0.15, -0.1) is 0 Å². The second kappa shape index (κ2) is 6.78. The molecule has 0 aromatic heterocycles. The normalized spacial score (nSPS) is 22.8. The predicted molar refractivity (Wildman–Crippen MR) is 76.6 cm³/mol. The van der Waals surface area contributed by atoms with Gasteiger partial charge in [0.25, 0.3) is 0 Å². The van der Waals surface area contributed by atoms with Crippen LogP contribution in [-0.2, 0) is 11.3 Å². The maximum absolute atomic E-state index is 11.4. The Morgan fingerprint density at radius 1 is 1.38 bits per heavy atom. The molecule has 0 aliphatic carbocycles. The molecule has 0 amide bonds. The van der Waals surface area contributed by atoms with Gasteiger partial charge in [-0.05, 0) is 18.9 Å². The molecule has 0 spiro atoms. The summed E-state index contributed by atoms with van der Waals surface area (Å²) >= 11 is 0. The lowest BCUT2D eigenvalue weighted by molar-refractivity contribution is -0.147. The molecular formula is C15H21NO5. The van der Waals surface area contributed by atoms with E-state index in [1.54, 1.807) is 20.3 Å². The van der Waals surface area contributed by atoms with Gasteiger partial charge in [-0.3, -0.25) is 9.69 Å². The molecule has 0 bridgehead atoms. The third kappa shape index (κ3) is 3.65. The molecular weight excluding hydrogens is 274 g/mol.